The number of esters is 1. The molecule has 1 aliphatic heterocycles. The van der Waals surface area contributed by atoms with E-state index in [2.05, 4.69) is 9.97 Å². The van der Waals surface area contributed by atoms with Crippen molar-refractivity contribution in [3.63, 3.8) is 0 Å². The van der Waals surface area contributed by atoms with E-state index in [1.54, 1.807) is 6.92 Å². The average molecular weight is 286 g/mol. The van der Waals surface area contributed by atoms with Crippen LogP contribution in [0.25, 0.3) is 0 Å². The number of rotatable bonds is 3. The molecule has 1 fully saturated rings. The Labute approximate surface area is 115 Å². The fourth-order valence-corrected chi connectivity index (χ4v) is 2.40. The Kier molecular flexibility index (Phi) is 4.42. The second-order valence-corrected chi connectivity index (χ2v) is 4.76. The second-order valence-electron chi connectivity index (χ2n) is 4.38. The van der Waals surface area contributed by atoms with Crippen molar-refractivity contribution in [3.05, 3.63) is 21.7 Å². The van der Waals surface area contributed by atoms with Gasteiger partial charge < -0.3 is 14.6 Å². The molecule has 1 aliphatic rings. The zero-order valence-corrected chi connectivity index (χ0v) is 11.4. The molecule has 104 valence electrons. The highest BCUT2D eigenvalue weighted by Crippen LogP contribution is 2.25. The van der Waals surface area contributed by atoms with E-state index in [1.165, 1.54) is 6.33 Å². The van der Waals surface area contributed by atoms with Crippen LogP contribution in [0.5, 0.6) is 0 Å². The van der Waals surface area contributed by atoms with E-state index in [9.17, 15) is 9.59 Å². The number of anilines is 1. The predicted molar refractivity (Wildman–Crippen MR) is 71.4 cm³/mol. The van der Waals surface area contributed by atoms with Crippen LogP contribution in [0.15, 0.2) is 11.1 Å². The van der Waals surface area contributed by atoms with Gasteiger partial charge in [-0.05, 0) is 19.8 Å². The third-order valence-corrected chi connectivity index (χ3v) is 3.53. The first-order valence-corrected chi connectivity index (χ1v) is 6.66. The molecule has 0 amide bonds. The Morgan fingerprint density at radius 2 is 2.26 bits per heavy atom. The summed E-state index contributed by atoms with van der Waals surface area (Å²) in [6.07, 6.45) is 2.70. The van der Waals surface area contributed by atoms with Gasteiger partial charge in [0.2, 0.25) is 0 Å². The lowest BCUT2D eigenvalue weighted by atomic mass is 9.97. The molecule has 0 spiro atoms. The molecule has 2 rings (SSSR count). The molecule has 0 radical (unpaired) electrons. The van der Waals surface area contributed by atoms with E-state index in [4.69, 9.17) is 16.3 Å². The minimum absolute atomic E-state index is 0.0722. The van der Waals surface area contributed by atoms with Gasteiger partial charge in [0.25, 0.3) is 5.56 Å². The molecule has 1 aromatic heterocycles. The lowest BCUT2D eigenvalue weighted by molar-refractivity contribution is -0.148. The van der Waals surface area contributed by atoms with E-state index < -0.39 is 0 Å². The van der Waals surface area contributed by atoms with Crippen LogP contribution < -0.4 is 10.5 Å². The molecule has 0 atom stereocenters. The molecule has 7 heteroatoms. The van der Waals surface area contributed by atoms with Gasteiger partial charge in [-0.3, -0.25) is 9.59 Å². The summed E-state index contributed by atoms with van der Waals surface area (Å²) in [5.74, 6) is 0.261. The van der Waals surface area contributed by atoms with Crippen LogP contribution in [0.4, 0.5) is 5.82 Å². The van der Waals surface area contributed by atoms with Crippen molar-refractivity contribution in [2.45, 2.75) is 19.8 Å². The Morgan fingerprint density at radius 1 is 1.58 bits per heavy atom. The van der Waals surface area contributed by atoms with Crippen molar-refractivity contribution in [1.29, 1.82) is 0 Å². The number of hydrogen-bond donors (Lipinski definition) is 1. The van der Waals surface area contributed by atoms with Crippen molar-refractivity contribution in [2.75, 3.05) is 24.6 Å². The van der Waals surface area contributed by atoms with Gasteiger partial charge in [-0.25, -0.2) is 4.98 Å². The zero-order valence-electron chi connectivity index (χ0n) is 10.7. The molecule has 6 nitrogen and oxygen atoms in total. The van der Waals surface area contributed by atoms with E-state index in [1.807, 2.05) is 4.90 Å². The lowest BCUT2D eigenvalue weighted by Gasteiger charge is -2.31. The Bertz CT molecular complexity index is 509. The first kappa shape index (κ1) is 13.9. The van der Waals surface area contributed by atoms with Gasteiger partial charge in [-0.1, -0.05) is 11.6 Å². The number of carbonyl (C=O) groups excluding carboxylic acids is 1. The monoisotopic (exact) mass is 285 g/mol. The van der Waals surface area contributed by atoms with Gasteiger partial charge in [-0.2, -0.15) is 0 Å². The highest BCUT2D eigenvalue weighted by Gasteiger charge is 2.27. The van der Waals surface area contributed by atoms with Crippen LogP contribution in [-0.2, 0) is 9.53 Å². The minimum Gasteiger partial charge on any atom is -0.466 e. The summed E-state index contributed by atoms with van der Waals surface area (Å²) >= 11 is 5.94. The summed E-state index contributed by atoms with van der Waals surface area (Å²) in [4.78, 5) is 31.5. The summed E-state index contributed by atoms with van der Waals surface area (Å²) in [6, 6.07) is 0. The molecule has 1 N–H and O–H groups in total. The Hall–Kier alpha value is -1.56. The fraction of sp³-hybridized carbons (Fsp3) is 0.583. The number of piperidine rings is 1. The highest BCUT2D eigenvalue weighted by atomic mass is 35.5. The number of carbonyl (C=O) groups is 1. The van der Waals surface area contributed by atoms with Gasteiger partial charge >= 0.3 is 5.97 Å². The molecule has 0 bridgehead atoms. The highest BCUT2D eigenvalue weighted by molar-refractivity contribution is 6.32. The van der Waals surface area contributed by atoms with E-state index in [-0.39, 0.29) is 22.5 Å². The minimum atomic E-state index is -0.348. The summed E-state index contributed by atoms with van der Waals surface area (Å²) in [7, 11) is 0. The fourth-order valence-electron chi connectivity index (χ4n) is 2.18. The molecule has 0 aromatic carbocycles. The number of H-pyrrole nitrogens is 1. The molecular formula is C12H16ClN3O3. The maximum Gasteiger partial charge on any atom is 0.309 e. The molecule has 1 saturated heterocycles. The van der Waals surface area contributed by atoms with Crippen LogP contribution in [0.3, 0.4) is 0 Å². The lowest BCUT2D eigenvalue weighted by Crippen LogP contribution is -2.38. The quantitative estimate of drug-likeness (QED) is 0.845. The number of ether oxygens (including phenoxy) is 1. The van der Waals surface area contributed by atoms with E-state index >= 15 is 0 Å². The largest absolute Gasteiger partial charge is 0.466 e. The first-order valence-electron chi connectivity index (χ1n) is 6.28. The molecule has 2 heterocycles. The number of nitrogens with zero attached hydrogens (tertiary/aromatic N) is 2. The van der Waals surface area contributed by atoms with Gasteiger partial charge in [-0.15, -0.1) is 0 Å². The maximum absolute atomic E-state index is 11.6. The van der Waals surface area contributed by atoms with Gasteiger partial charge in [0, 0.05) is 13.1 Å². The van der Waals surface area contributed by atoms with Gasteiger partial charge in [0.15, 0.2) is 5.82 Å². The van der Waals surface area contributed by atoms with Crippen molar-refractivity contribution >= 4 is 23.4 Å². The number of nitrogens with one attached hydrogen (secondary N) is 1. The van der Waals surface area contributed by atoms with Crippen molar-refractivity contribution in [3.8, 4) is 0 Å². The number of halogens is 1. The van der Waals surface area contributed by atoms with Gasteiger partial charge in [0.05, 0.1) is 18.9 Å². The number of aromatic nitrogens is 2. The molecule has 0 saturated carbocycles. The molecule has 0 aliphatic carbocycles. The summed E-state index contributed by atoms with van der Waals surface area (Å²) in [5.41, 5.74) is -0.348. The van der Waals surface area contributed by atoms with Crippen molar-refractivity contribution < 1.29 is 9.53 Å². The molecule has 19 heavy (non-hydrogen) atoms. The van der Waals surface area contributed by atoms with Crippen LogP contribution in [0, 0.1) is 5.92 Å². The zero-order chi connectivity index (χ0) is 13.8. The predicted octanol–water partition coefficient (Wildman–Crippen LogP) is 1.20. The standard InChI is InChI=1S/C12H16ClN3O3/c1-2-19-12(18)8-3-5-16(6-4-8)10-9(13)11(17)15-7-14-10/h7-8H,2-6H2,1H3,(H,14,15,17). The van der Waals surface area contributed by atoms with Crippen LogP contribution in [-0.4, -0.2) is 35.6 Å². The second kappa shape index (κ2) is 6.06. The third kappa shape index (κ3) is 3.07. The Balaban J connectivity index is 2.02. The molecule has 0 unspecified atom stereocenters. The first-order chi connectivity index (χ1) is 9.13. The summed E-state index contributed by atoms with van der Waals surface area (Å²) < 4.78 is 5.01. The third-order valence-electron chi connectivity index (χ3n) is 3.19. The number of aromatic amines is 1. The summed E-state index contributed by atoms with van der Waals surface area (Å²) in [6.45, 7) is 3.48. The van der Waals surface area contributed by atoms with Crippen molar-refractivity contribution in [2.24, 2.45) is 5.92 Å². The van der Waals surface area contributed by atoms with E-state index in [0.29, 0.717) is 38.4 Å². The number of hydrogen-bond acceptors (Lipinski definition) is 5. The Morgan fingerprint density at radius 3 is 2.89 bits per heavy atom. The molecular weight excluding hydrogens is 270 g/mol. The normalized spacial score (nSPS) is 16.4. The van der Waals surface area contributed by atoms with Gasteiger partial charge in [0.1, 0.15) is 5.02 Å². The van der Waals surface area contributed by atoms with Crippen LogP contribution in [0.1, 0.15) is 19.8 Å². The summed E-state index contributed by atoms with van der Waals surface area (Å²) in [5, 5.41) is 0.0945. The smallest absolute Gasteiger partial charge is 0.309 e. The van der Waals surface area contributed by atoms with Crippen molar-refractivity contribution in [1.82, 2.24) is 9.97 Å². The van der Waals surface area contributed by atoms with Crippen LogP contribution >= 0.6 is 11.6 Å². The van der Waals surface area contributed by atoms with E-state index in [0.717, 1.165) is 0 Å². The maximum atomic E-state index is 11.6. The molecule has 1 aromatic rings. The average Bonchev–Trinajstić information content (AvgIpc) is 2.42. The topological polar surface area (TPSA) is 75.3 Å². The SMILES string of the molecule is CCOC(=O)C1CCN(c2nc[nH]c(=O)c2Cl)CC1. The van der Waals surface area contributed by atoms with Crippen LogP contribution in [0.2, 0.25) is 5.02 Å².